The van der Waals surface area contributed by atoms with Gasteiger partial charge in [-0.15, -0.1) is 0 Å². The first-order valence-electron chi connectivity index (χ1n) is 5.89. The van der Waals surface area contributed by atoms with Crippen LogP contribution < -0.4 is 0 Å². The molecule has 76 valence electrons. The van der Waals surface area contributed by atoms with Crippen molar-refractivity contribution in [2.45, 2.75) is 58.8 Å². The van der Waals surface area contributed by atoms with Crippen LogP contribution in [0.4, 0.5) is 0 Å². The van der Waals surface area contributed by atoms with Crippen molar-refractivity contribution in [1.82, 2.24) is 0 Å². The molecule has 0 aromatic rings. The van der Waals surface area contributed by atoms with E-state index in [1.807, 2.05) is 0 Å². The van der Waals surface area contributed by atoms with Crippen LogP contribution in [0.3, 0.4) is 0 Å². The summed E-state index contributed by atoms with van der Waals surface area (Å²) in [4.78, 5) is 0. The van der Waals surface area contributed by atoms with Crippen molar-refractivity contribution < 1.29 is 0 Å². The molecule has 0 unspecified atom stereocenters. The van der Waals surface area contributed by atoms with E-state index < -0.39 is 0 Å². The van der Waals surface area contributed by atoms with E-state index in [0.29, 0.717) is 0 Å². The summed E-state index contributed by atoms with van der Waals surface area (Å²) in [6, 6.07) is 0. The molecule has 0 aliphatic heterocycles. The topological polar surface area (TPSA) is 0 Å². The quantitative estimate of drug-likeness (QED) is 0.556. The van der Waals surface area contributed by atoms with Gasteiger partial charge in [-0.05, 0) is 31.1 Å². The smallest absolute Gasteiger partial charge is 0.0320 e. The lowest BCUT2D eigenvalue weighted by Gasteiger charge is -2.26. The Morgan fingerprint density at radius 2 is 1.85 bits per heavy atom. The van der Waals surface area contributed by atoms with Crippen molar-refractivity contribution >= 4 is 0 Å². The fourth-order valence-electron chi connectivity index (χ4n) is 2.20. The molecule has 0 radical (unpaired) electrons. The van der Waals surface area contributed by atoms with E-state index in [9.17, 15) is 0 Å². The zero-order chi connectivity index (χ0) is 9.68. The van der Waals surface area contributed by atoms with Crippen molar-refractivity contribution in [2.24, 2.45) is 11.8 Å². The maximum absolute atomic E-state index is 4.07. The van der Waals surface area contributed by atoms with E-state index in [-0.39, 0.29) is 0 Å². The summed E-state index contributed by atoms with van der Waals surface area (Å²) >= 11 is 0. The van der Waals surface area contributed by atoms with Gasteiger partial charge in [0.25, 0.3) is 0 Å². The van der Waals surface area contributed by atoms with Gasteiger partial charge in [-0.1, -0.05) is 51.7 Å². The maximum Gasteiger partial charge on any atom is -0.0320 e. The Balaban J connectivity index is 2.12. The Kier molecular flexibility index (Phi) is 4.55. The van der Waals surface area contributed by atoms with Crippen molar-refractivity contribution in [1.29, 1.82) is 0 Å². The molecule has 1 saturated carbocycles. The largest absolute Gasteiger partial charge is 0.0999 e. The van der Waals surface area contributed by atoms with Crippen molar-refractivity contribution in [3.63, 3.8) is 0 Å². The van der Waals surface area contributed by atoms with Crippen LogP contribution in [-0.4, -0.2) is 0 Å². The molecular formula is C13H24. The van der Waals surface area contributed by atoms with Gasteiger partial charge >= 0.3 is 0 Å². The lowest BCUT2D eigenvalue weighted by atomic mass is 9.80. The molecule has 1 rings (SSSR count). The third kappa shape index (κ3) is 3.97. The molecule has 1 aliphatic carbocycles. The highest BCUT2D eigenvalue weighted by Crippen LogP contribution is 2.31. The Labute approximate surface area is 83.4 Å². The first-order valence-corrected chi connectivity index (χ1v) is 5.89. The molecule has 0 N–H and O–H groups in total. The highest BCUT2D eigenvalue weighted by Gasteiger charge is 2.17. The summed E-state index contributed by atoms with van der Waals surface area (Å²) in [6.45, 7) is 8.68. The lowest BCUT2D eigenvalue weighted by Crippen LogP contribution is -2.12. The van der Waals surface area contributed by atoms with Crippen LogP contribution in [0, 0.1) is 11.8 Å². The first kappa shape index (κ1) is 10.8. The van der Waals surface area contributed by atoms with Gasteiger partial charge in [-0.2, -0.15) is 0 Å². The predicted molar refractivity (Wildman–Crippen MR) is 59.8 cm³/mol. The van der Waals surface area contributed by atoms with Crippen LogP contribution in [0.5, 0.6) is 0 Å². The Bertz CT molecular complexity index is 149. The maximum atomic E-state index is 4.07. The fourth-order valence-corrected chi connectivity index (χ4v) is 2.20. The summed E-state index contributed by atoms with van der Waals surface area (Å²) in [7, 11) is 0. The molecule has 1 aliphatic rings. The highest BCUT2D eigenvalue weighted by molar-refractivity contribution is 4.92. The zero-order valence-corrected chi connectivity index (χ0v) is 9.31. The lowest BCUT2D eigenvalue weighted by molar-refractivity contribution is 0.277. The van der Waals surface area contributed by atoms with Gasteiger partial charge < -0.3 is 0 Å². The van der Waals surface area contributed by atoms with Crippen LogP contribution in [0.15, 0.2) is 12.2 Å². The van der Waals surface area contributed by atoms with E-state index in [4.69, 9.17) is 0 Å². The molecule has 0 amide bonds. The fraction of sp³-hybridized carbons (Fsp3) is 0.846. The second-order valence-electron chi connectivity index (χ2n) is 4.77. The first-order chi connectivity index (χ1) is 6.22. The van der Waals surface area contributed by atoms with Crippen molar-refractivity contribution in [3.05, 3.63) is 12.2 Å². The van der Waals surface area contributed by atoms with E-state index in [2.05, 4.69) is 20.4 Å². The second kappa shape index (κ2) is 5.47. The molecule has 0 saturated heterocycles. The predicted octanol–water partition coefficient (Wildman–Crippen LogP) is 4.56. The highest BCUT2D eigenvalue weighted by atomic mass is 14.2. The van der Waals surface area contributed by atoms with Crippen molar-refractivity contribution in [3.8, 4) is 0 Å². The van der Waals surface area contributed by atoms with Crippen molar-refractivity contribution in [2.75, 3.05) is 0 Å². The zero-order valence-electron chi connectivity index (χ0n) is 9.31. The van der Waals surface area contributed by atoms with Gasteiger partial charge in [0.15, 0.2) is 0 Å². The summed E-state index contributed by atoms with van der Waals surface area (Å²) in [5.74, 6) is 2.00. The van der Waals surface area contributed by atoms with E-state index >= 15 is 0 Å². The average molecular weight is 180 g/mol. The van der Waals surface area contributed by atoms with E-state index in [1.165, 1.54) is 50.5 Å². The molecule has 0 heterocycles. The molecule has 13 heavy (non-hydrogen) atoms. The van der Waals surface area contributed by atoms with Gasteiger partial charge in [0, 0.05) is 0 Å². The van der Waals surface area contributed by atoms with Crippen LogP contribution in [0.1, 0.15) is 58.8 Å². The Hall–Kier alpha value is -0.260. The Morgan fingerprint density at radius 1 is 1.23 bits per heavy atom. The number of hydrogen-bond donors (Lipinski definition) is 0. The van der Waals surface area contributed by atoms with Gasteiger partial charge in [-0.25, -0.2) is 0 Å². The molecule has 0 bridgehead atoms. The van der Waals surface area contributed by atoms with Gasteiger partial charge in [0.1, 0.15) is 0 Å². The molecular weight excluding hydrogens is 156 g/mol. The van der Waals surface area contributed by atoms with E-state index in [1.54, 1.807) is 0 Å². The third-order valence-corrected chi connectivity index (χ3v) is 3.54. The van der Waals surface area contributed by atoms with E-state index in [0.717, 1.165) is 11.8 Å². The number of hydrogen-bond acceptors (Lipinski definition) is 0. The minimum atomic E-state index is 0.991. The molecule has 0 aromatic heterocycles. The summed E-state index contributed by atoms with van der Waals surface area (Å²) in [6.07, 6.45) is 9.71. The standard InChI is InChI=1S/C13H24/c1-4-11(2)5-8-13-9-6-12(3)7-10-13/h12-13H,2,4-10H2,1,3H3. The SMILES string of the molecule is C=C(CC)CCC1CCC(C)CC1. The second-order valence-corrected chi connectivity index (χ2v) is 4.77. The van der Waals surface area contributed by atoms with Crippen LogP contribution >= 0.6 is 0 Å². The molecule has 0 spiro atoms. The molecule has 0 heteroatoms. The molecule has 0 nitrogen and oxygen atoms in total. The number of rotatable bonds is 4. The average Bonchev–Trinajstić information content (AvgIpc) is 2.16. The van der Waals surface area contributed by atoms with Gasteiger partial charge in [-0.3, -0.25) is 0 Å². The minimum absolute atomic E-state index is 0.991. The van der Waals surface area contributed by atoms with Crippen LogP contribution in [-0.2, 0) is 0 Å². The normalized spacial score (nSPS) is 28.8. The van der Waals surface area contributed by atoms with Crippen LogP contribution in [0.2, 0.25) is 0 Å². The number of allylic oxidation sites excluding steroid dienone is 1. The summed E-state index contributed by atoms with van der Waals surface area (Å²) in [5.41, 5.74) is 1.44. The van der Waals surface area contributed by atoms with Gasteiger partial charge in [0.05, 0.1) is 0 Å². The minimum Gasteiger partial charge on any atom is -0.0999 e. The molecule has 0 atom stereocenters. The summed E-state index contributed by atoms with van der Waals surface area (Å²) in [5, 5.41) is 0. The van der Waals surface area contributed by atoms with Gasteiger partial charge in [0.2, 0.25) is 0 Å². The molecule has 1 fully saturated rings. The molecule has 0 aromatic carbocycles. The van der Waals surface area contributed by atoms with Crippen LogP contribution in [0.25, 0.3) is 0 Å². The Morgan fingerprint density at radius 3 is 2.38 bits per heavy atom. The summed E-state index contributed by atoms with van der Waals surface area (Å²) < 4.78 is 0. The monoisotopic (exact) mass is 180 g/mol. The third-order valence-electron chi connectivity index (χ3n) is 3.54.